The molecule has 4 rings (SSSR count). The summed E-state index contributed by atoms with van der Waals surface area (Å²) in [6.07, 6.45) is 2.17. The van der Waals surface area contributed by atoms with Crippen LogP contribution in [0.25, 0.3) is 0 Å². The van der Waals surface area contributed by atoms with Crippen LogP contribution in [0.3, 0.4) is 0 Å². The van der Waals surface area contributed by atoms with Crippen LogP contribution in [0.4, 0.5) is 5.69 Å². The normalized spacial score (nSPS) is 17.9. The molecule has 4 nitrogen and oxygen atoms in total. The zero-order valence-electron chi connectivity index (χ0n) is 18.2. The second kappa shape index (κ2) is 9.01. The van der Waals surface area contributed by atoms with E-state index >= 15 is 0 Å². The molecule has 1 aliphatic rings. The van der Waals surface area contributed by atoms with Crippen molar-refractivity contribution in [3.8, 4) is 5.75 Å². The maximum Gasteiger partial charge on any atom is 0.255 e. The smallest absolute Gasteiger partial charge is 0.255 e. The number of methoxy groups -OCH3 is 1. The number of carbonyl (C=O) groups excluding carboxylic acids is 1. The van der Waals surface area contributed by atoms with Gasteiger partial charge in [0.1, 0.15) is 11.3 Å². The minimum atomic E-state index is -0.995. The van der Waals surface area contributed by atoms with E-state index in [0.717, 1.165) is 33.8 Å². The molecule has 1 atom stereocenters. The summed E-state index contributed by atoms with van der Waals surface area (Å²) in [5, 5.41) is 0.594. The van der Waals surface area contributed by atoms with Crippen molar-refractivity contribution in [1.29, 1.82) is 0 Å². The van der Waals surface area contributed by atoms with E-state index < -0.39 is 5.54 Å². The summed E-state index contributed by atoms with van der Waals surface area (Å²) in [7, 11) is 1.64. The molecular weight excluding hydrogens is 420 g/mol. The van der Waals surface area contributed by atoms with E-state index in [-0.39, 0.29) is 5.91 Å². The quantitative estimate of drug-likeness (QED) is 0.433. The molecule has 0 radical (unpaired) electrons. The SMILES string of the molecule is C=CCC1(C)N=C(c2ccccc2)c2cc(Cl)ccc2N(Cc2ccc(OC)cc2)C1=O. The highest BCUT2D eigenvalue weighted by Crippen LogP contribution is 2.36. The predicted octanol–water partition coefficient (Wildman–Crippen LogP) is 6.07. The number of hydrogen-bond donors (Lipinski definition) is 0. The Labute approximate surface area is 193 Å². The zero-order chi connectivity index (χ0) is 22.7. The molecule has 1 aliphatic heterocycles. The van der Waals surface area contributed by atoms with Crippen molar-refractivity contribution in [2.75, 3.05) is 12.0 Å². The molecule has 0 fully saturated rings. The van der Waals surface area contributed by atoms with Gasteiger partial charge in [0.05, 0.1) is 25.1 Å². The Kier molecular flexibility index (Phi) is 6.15. The Morgan fingerprint density at radius 2 is 1.81 bits per heavy atom. The van der Waals surface area contributed by atoms with E-state index in [4.69, 9.17) is 21.3 Å². The number of amides is 1. The van der Waals surface area contributed by atoms with Crippen LogP contribution >= 0.6 is 11.6 Å². The van der Waals surface area contributed by atoms with Gasteiger partial charge >= 0.3 is 0 Å². The third-order valence-electron chi connectivity index (χ3n) is 5.66. The van der Waals surface area contributed by atoms with Gasteiger partial charge in [-0.25, -0.2) is 0 Å². The lowest BCUT2D eigenvalue weighted by Gasteiger charge is -2.30. The number of benzene rings is 3. The topological polar surface area (TPSA) is 41.9 Å². The highest BCUT2D eigenvalue weighted by Gasteiger charge is 2.40. The Balaban J connectivity index is 1.90. The molecule has 0 saturated heterocycles. The largest absolute Gasteiger partial charge is 0.497 e. The van der Waals surface area contributed by atoms with Crippen molar-refractivity contribution in [2.24, 2.45) is 4.99 Å². The number of fused-ring (bicyclic) bond motifs is 1. The van der Waals surface area contributed by atoms with Gasteiger partial charge in [-0.2, -0.15) is 0 Å². The monoisotopic (exact) mass is 444 g/mol. The van der Waals surface area contributed by atoms with Crippen molar-refractivity contribution < 1.29 is 9.53 Å². The first-order valence-corrected chi connectivity index (χ1v) is 10.8. The number of hydrogen-bond acceptors (Lipinski definition) is 3. The second-order valence-electron chi connectivity index (χ2n) is 7.99. The van der Waals surface area contributed by atoms with Crippen molar-refractivity contribution in [1.82, 2.24) is 0 Å². The van der Waals surface area contributed by atoms with Gasteiger partial charge in [-0.15, -0.1) is 6.58 Å². The number of rotatable bonds is 6. The van der Waals surface area contributed by atoms with Crippen molar-refractivity contribution in [3.63, 3.8) is 0 Å². The van der Waals surface area contributed by atoms with Crippen LogP contribution in [0, 0.1) is 0 Å². The number of aliphatic imine (C=N–C) groups is 1. The minimum absolute atomic E-state index is 0.0808. The van der Waals surface area contributed by atoms with Crippen LogP contribution in [0.15, 0.2) is 90.4 Å². The zero-order valence-corrected chi connectivity index (χ0v) is 19.0. The van der Waals surface area contributed by atoms with E-state index in [2.05, 4.69) is 6.58 Å². The summed E-state index contributed by atoms with van der Waals surface area (Å²) < 4.78 is 5.27. The van der Waals surface area contributed by atoms with E-state index in [1.807, 2.05) is 79.7 Å². The number of nitrogens with zero attached hydrogens (tertiary/aromatic N) is 2. The fraction of sp³-hybridized carbons (Fsp3) is 0.185. The van der Waals surface area contributed by atoms with Gasteiger partial charge in [-0.05, 0) is 49.2 Å². The molecule has 0 aliphatic carbocycles. The third kappa shape index (κ3) is 4.19. The van der Waals surface area contributed by atoms with Crippen LogP contribution in [0.2, 0.25) is 5.02 Å². The summed E-state index contributed by atoms with van der Waals surface area (Å²) in [5.74, 6) is 0.692. The molecule has 0 bridgehead atoms. The number of anilines is 1. The van der Waals surface area contributed by atoms with Crippen molar-refractivity contribution in [3.05, 3.63) is 107 Å². The highest BCUT2D eigenvalue weighted by molar-refractivity contribution is 6.32. The summed E-state index contributed by atoms with van der Waals surface area (Å²) >= 11 is 6.40. The molecule has 0 aromatic heterocycles. The summed E-state index contributed by atoms with van der Waals surface area (Å²) in [6.45, 7) is 6.15. The Hall–Kier alpha value is -3.37. The number of carbonyl (C=O) groups is 1. The number of halogens is 1. The van der Waals surface area contributed by atoms with Gasteiger partial charge in [-0.3, -0.25) is 9.79 Å². The van der Waals surface area contributed by atoms with Crippen LogP contribution in [0.1, 0.15) is 30.0 Å². The molecule has 0 N–H and O–H groups in total. The molecule has 0 saturated carbocycles. The summed E-state index contributed by atoms with van der Waals surface area (Å²) in [5.41, 5.74) is 3.29. The first-order valence-electron chi connectivity index (χ1n) is 10.5. The Morgan fingerprint density at radius 3 is 2.47 bits per heavy atom. The fourth-order valence-electron chi connectivity index (χ4n) is 3.99. The Bertz CT molecular complexity index is 1170. The van der Waals surface area contributed by atoms with Gasteiger partial charge in [-0.1, -0.05) is 60.1 Å². The lowest BCUT2D eigenvalue weighted by atomic mass is 9.96. The standard InChI is InChI=1S/C27H25ClN2O2/c1-4-16-27(2)26(31)30(18-19-10-13-22(32-3)14-11-19)24-15-12-21(28)17-23(24)25(29-27)20-8-6-5-7-9-20/h4-15,17H,1,16,18H2,2-3H3. The average molecular weight is 445 g/mol. The lowest BCUT2D eigenvalue weighted by molar-refractivity contribution is -0.123. The van der Waals surface area contributed by atoms with Crippen molar-refractivity contribution >= 4 is 28.9 Å². The van der Waals surface area contributed by atoms with Crippen LogP contribution in [0.5, 0.6) is 5.75 Å². The van der Waals surface area contributed by atoms with Crippen molar-refractivity contribution in [2.45, 2.75) is 25.4 Å². The molecule has 1 unspecified atom stereocenters. The Morgan fingerprint density at radius 1 is 1.09 bits per heavy atom. The predicted molar refractivity (Wildman–Crippen MR) is 131 cm³/mol. The van der Waals surface area contributed by atoms with E-state index in [9.17, 15) is 4.79 Å². The molecule has 0 spiro atoms. The molecule has 1 amide bonds. The molecule has 3 aromatic rings. The maximum atomic E-state index is 13.9. The van der Waals surface area contributed by atoms with Crippen LogP contribution in [-0.2, 0) is 11.3 Å². The molecule has 32 heavy (non-hydrogen) atoms. The van der Waals surface area contributed by atoms with Gasteiger partial charge in [0.2, 0.25) is 0 Å². The summed E-state index contributed by atoms with van der Waals surface area (Å²) in [4.78, 5) is 20.8. The second-order valence-corrected chi connectivity index (χ2v) is 8.43. The molecule has 5 heteroatoms. The van der Waals surface area contributed by atoms with Gasteiger partial charge in [0, 0.05) is 16.1 Å². The average Bonchev–Trinajstić information content (AvgIpc) is 2.89. The lowest BCUT2D eigenvalue weighted by Crippen LogP contribution is -2.45. The van der Waals surface area contributed by atoms with Crippen LogP contribution < -0.4 is 9.64 Å². The van der Waals surface area contributed by atoms with E-state index in [0.29, 0.717) is 18.0 Å². The van der Waals surface area contributed by atoms with Crippen LogP contribution in [-0.4, -0.2) is 24.3 Å². The first kappa shape index (κ1) is 21.8. The fourth-order valence-corrected chi connectivity index (χ4v) is 4.16. The summed E-state index contributed by atoms with van der Waals surface area (Å²) in [6, 6.07) is 23.2. The number of ether oxygens (including phenoxy) is 1. The molecule has 3 aromatic carbocycles. The van der Waals surface area contributed by atoms with Gasteiger partial charge < -0.3 is 9.64 Å². The van der Waals surface area contributed by atoms with Gasteiger partial charge in [0.25, 0.3) is 5.91 Å². The van der Waals surface area contributed by atoms with E-state index in [1.54, 1.807) is 18.1 Å². The molecule has 162 valence electrons. The first-order chi connectivity index (χ1) is 15.4. The minimum Gasteiger partial charge on any atom is -0.497 e. The van der Waals surface area contributed by atoms with E-state index in [1.165, 1.54) is 0 Å². The number of benzodiazepines with no additional fused rings is 1. The maximum absolute atomic E-state index is 13.9. The third-order valence-corrected chi connectivity index (χ3v) is 5.89. The molecule has 1 heterocycles. The highest BCUT2D eigenvalue weighted by atomic mass is 35.5. The van der Waals surface area contributed by atoms with Gasteiger partial charge in [0.15, 0.2) is 0 Å². The molecular formula is C27H25ClN2O2.